The van der Waals surface area contributed by atoms with E-state index in [4.69, 9.17) is 14.0 Å². The van der Waals surface area contributed by atoms with Crippen LogP contribution < -0.4 is 9.47 Å². The molecule has 1 atom stereocenters. The maximum absolute atomic E-state index is 12.8. The molecule has 2 aliphatic heterocycles. The van der Waals surface area contributed by atoms with Gasteiger partial charge in [-0.3, -0.25) is 4.79 Å². The minimum absolute atomic E-state index is 0.0127. The Morgan fingerprint density at radius 1 is 1.30 bits per heavy atom. The molecule has 3 heterocycles. The van der Waals surface area contributed by atoms with Crippen LogP contribution in [0.1, 0.15) is 62.7 Å². The summed E-state index contributed by atoms with van der Waals surface area (Å²) in [5.74, 6) is 3.83. The van der Waals surface area contributed by atoms with E-state index in [9.17, 15) is 4.79 Å². The Morgan fingerprint density at radius 3 is 3.00 bits per heavy atom. The van der Waals surface area contributed by atoms with E-state index >= 15 is 0 Å². The van der Waals surface area contributed by atoms with E-state index in [1.807, 2.05) is 17.0 Å². The number of benzene rings is 1. The smallest absolute Gasteiger partial charge is 0.260 e. The maximum atomic E-state index is 12.8. The molecule has 5 rings (SSSR count). The summed E-state index contributed by atoms with van der Waals surface area (Å²) >= 11 is 0. The molecule has 1 saturated heterocycles. The fourth-order valence-electron chi connectivity index (χ4n) is 4.50. The van der Waals surface area contributed by atoms with Gasteiger partial charge in [0.2, 0.25) is 5.89 Å². The Kier molecular flexibility index (Phi) is 4.91. The van der Waals surface area contributed by atoms with Gasteiger partial charge in [-0.05, 0) is 51.5 Å². The first-order valence-corrected chi connectivity index (χ1v) is 11.0. The third-order valence-electron chi connectivity index (χ3n) is 6.17. The van der Waals surface area contributed by atoms with E-state index in [0.29, 0.717) is 30.0 Å². The summed E-state index contributed by atoms with van der Waals surface area (Å²) in [7, 11) is 0. The molecule has 0 bridgehead atoms. The monoisotopic (exact) mass is 411 g/mol. The number of hydrogen-bond donors (Lipinski definition) is 0. The predicted octanol–water partition coefficient (Wildman–Crippen LogP) is 3.52. The highest BCUT2D eigenvalue weighted by Crippen LogP contribution is 2.42. The van der Waals surface area contributed by atoms with E-state index in [0.717, 1.165) is 62.2 Å². The molecule has 1 aromatic carbocycles. The Hall–Kier alpha value is -2.57. The number of nitrogens with zero attached hydrogens (tertiary/aromatic N) is 3. The Balaban J connectivity index is 1.16. The van der Waals surface area contributed by atoms with Gasteiger partial charge in [-0.15, -0.1) is 0 Å². The molecule has 3 aliphatic rings. The van der Waals surface area contributed by atoms with Gasteiger partial charge in [0.25, 0.3) is 5.91 Å². The molecule has 2 fully saturated rings. The molecular weight excluding hydrogens is 382 g/mol. The summed E-state index contributed by atoms with van der Waals surface area (Å²) in [6.07, 6.45) is 5.97. The van der Waals surface area contributed by atoms with Crippen molar-refractivity contribution in [3.8, 4) is 11.5 Å². The molecule has 1 saturated carbocycles. The Morgan fingerprint density at radius 2 is 2.17 bits per heavy atom. The number of aromatic nitrogens is 2. The summed E-state index contributed by atoms with van der Waals surface area (Å²) in [5, 5.41) is 4.10. The lowest BCUT2D eigenvalue weighted by Gasteiger charge is -2.32. The lowest BCUT2D eigenvalue weighted by Crippen LogP contribution is -2.42. The average molecular weight is 412 g/mol. The number of piperidine rings is 1. The van der Waals surface area contributed by atoms with Crippen molar-refractivity contribution in [2.75, 3.05) is 19.7 Å². The van der Waals surface area contributed by atoms with Crippen LogP contribution in [0.25, 0.3) is 0 Å². The molecule has 1 amide bonds. The fourth-order valence-corrected chi connectivity index (χ4v) is 4.50. The molecule has 1 aromatic heterocycles. The number of carbonyl (C=O) groups excluding carboxylic acids is 1. The summed E-state index contributed by atoms with van der Waals surface area (Å²) in [6, 6.07) is 5.89. The SMILES string of the molecule is CC1(C)Cc2cccc(OCC(=O)N3CCCC(Cc4nc(C5CC5)no4)C3)c2O1. The van der Waals surface area contributed by atoms with Gasteiger partial charge in [0, 0.05) is 37.4 Å². The highest BCUT2D eigenvalue weighted by atomic mass is 16.5. The van der Waals surface area contributed by atoms with Crippen LogP contribution in [0, 0.1) is 5.92 Å². The molecule has 0 N–H and O–H groups in total. The average Bonchev–Trinajstić information content (AvgIpc) is 3.38. The zero-order valence-electron chi connectivity index (χ0n) is 17.7. The molecule has 1 aliphatic carbocycles. The lowest BCUT2D eigenvalue weighted by atomic mass is 9.95. The predicted molar refractivity (Wildman–Crippen MR) is 110 cm³/mol. The second-order valence-electron chi connectivity index (χ2n) is 9.44. The van der Waals surface area contributed by atoms with Gasteiger partial charge < -0.3 is 18.9 Å². The molecule has 7 nitrogen and oxygen atoms in total. The van der Waals surface area contributed by atoms with Gasteiger partial charge in [-0.2, -0.15) is 4.98 Å². The summed E-state index contributed by atoms with van der Waals surface area (Å²) in [4.78, 5) is 19.2. The number of fused-ring (bicyclic) bond motifs is 1. The van der Waals surface area contributed by atoms with Crippen molar-refractivity contribution in [1.29, 1.82) is 0 Å². The third-order valence-corrected chi connectivity index (χ3v) is 6.17. The molecule has 7 heteroatoms. The number of ether oxygens (including phenoxy) is 2. The van der Waals surface area contributed by atoms with E-state index in [1.165, 1.54) is 0 Å². The largest absolute Gasteiger partial charge is 0.483 e. The molecule has 160 valence electrons. The Labute approximate surface area is 176 Å². The van der Waals surface area contributed by atoms with Gasteiger partial charge in [-0.1, -0.05) is 17.3 Å². The standard InChI is InChI=1S/C23H29N3O4/c1-23(2)12-17-6-3-7-18(21(17)29-23)28-14-20(27)26-10-4-5-15(13-26)11-19-24-22(25-30-19)16-8-9-16/h3,6-7,15-16H,4-5,8-14H2,1-2H3. The first-order valence-electron chi connectivity index (χ1n) is 11.0. The quantitative estimate of drug-likeness (QED) is 0.724. The van der Waals surface area contributed by atoms with Gasteiger partial charge in [0.15, 0.2) is 23.9 Å². The van der Waals surface area contributed by atoms with Crippen molar-refractivity contribution < 1.29 is 18.8 Å². The third kappa shape index (κ3) is 4.16. The number of hydrogen-bond acceptors (Lipinski definition) is 6. The molecule has 1 unspecified atom stereocenters. The van der Waals surface area contributed by atoms with Crippen LogP contribution >= 0.6 is 0 Å². The van der Waals surface area contributed by atoms with E-state index < -0.39 is 0 Å². The van der Waals surface area contributed by atoms with E-state index in [2.05, 4.69) is 30.1 Å². The van der Waals surface area contributed by atoms with Crippen LogP contribution in [0.5, 0.6) is 11.5 Å². The highest BCUT2D eigenvalue weighted by Gasteiger charge is 2.33. The number of rotatable bonds is 6. The van der Waals surface area contributed by atoms with Crippen LogP contribution in [-0.4, -0.2) is 46.2 Å². The van der Waals surface area contributed by atoms with Crippen LogP contribution in [0.4, 0.5) is 0 Å². The van der Waals surface area contributed by atoms with Crippen molar-refractivity contribution >= 4 is 5.91 Å². The minimum atomic E-state index is -0.236. The zero-order valence-corrected chi connectivity index (χ0v) is 17.7. The zero-order chi connectivity index (χ0) is 20.7. The summed E-state index contributed by atoms with van der Waals surface area (Å²) < 4.78 is 17.4. The van der Waals surface area contributed by atoms with Gasteiger partial charge >= 0.3 is 0 Å². The van der Waals surface area contributed by atoms with Crippen LogP contribution in [0.2, 0.25) is 0 Å². The van der Waals surface area contributed by atoms with Crippen molar-refractivity contribution in [3.63, 3.8) is 0 Å². The van der Waals surface area contributed by atoms with Gasteiger partial charge in [-0.25, -0.2) is 0 Å². The normalized spacial score (nSPS) is 22.5. The first-order chi connectivity index (χ1) is 14.5. The molecule has 0 radical (unpaired) electrons. The minimum Gasteiger partial charge on any atom is -0.483 e. The number of amides is 1. The number of para-hydroxylation sites is 1. The van der Waals surface area contributed by atoms with Crippen molar-refractivity contribution in [2.24, 2.45) is 5.92 Å². The van der Waals surface area contributed by atoms with E-state index in [-0.39, 0.29) is 18.1 Å². The van der Waals surface area contributed by atoms with Gasteiger partial charge in [0.05, 0.1) is 0 Å². The second-order valence-corrected chi connectivity index (χ2v) is 9.44. The number of carbonyl (C=O) groups is 1. The van der Waals surface area contributed by atoms with Crippen molar-refractivity contribution in [1.82, 2.24) is 15.0 Å². The second kappa shape index (κ2) is 7.60. The molecular formula is C23H29N3O4. The van der Waals surface area contributed by atoms with E-state index in [1.54, 1.807) is 0 Å². The summed E-state index contributed by atoms with van der Waals surface area (Å²) in [6.45, 7) is 5.63. The first kappa shape index (κ1) is 19.4. The van der Waals surface area contributed by atoms with Crippen LogP contribution in [0.3, 0.4) is 0 Å². The number of likely N-dealkylation sites (tertiary alicyclic amines) is 1. The van der Waals surface area contributed by atoms with Crippen molar-refractivity contribution in [2.45, 2.75) is 63.9 Å². The highest BCUT2D eigenvalue weighted by molar-refractivity contribution is 5.78. The maximum Gasteiger partial charge on any atom is 0.260 e. The molecule has 30 heavy (non-hydrogen) atoms. The van der Waals surface area contributed by atoms with Crippen LogP contribution in [-0.2, 0) is 17.6 Å². The fraction of sp³-hybridized carbons (Fsp3) is 0.609. The van der Waals surface area contributed by atoms with Crippen molar-refractivity contribution in [3.05, 3.63) is 35.5 Å². The molecule has 2 aromatic rings. The topological polar surface area (TPSA) is 77.7 Å². The summed E-state index contributed by atoms with van der Waals surface area (Å²) in [5.41, 5.74) is 0.896. The van der Waals surface area contributed by atoms with Crippen LogP contribution in [0.15, 0.2) is 22.7 Å². The van der Waals surface area contributed by atoms with Gasteiger partial charge in [0.1, 0.15) is 5.60 Å². The lowest BCUT2D eigenvalue weighted by molar-refractivity contribution is -0.135. The Bertz CT molecular complexity index is 934. The molecule has 0 spiro atoms.